The molecule has 1 aromatic carbocycles. The first-order chi connectivity index (χ1) is 10.8. The lowest BCUT2D eigenvalue weighted by Gasteiger charge is -2.16. The topological polar surface area (TPSA) is 0 Å². The van der Waals surface area contributed by atoms with Gasteiger partial charge in [0.05, 0.1) is 0 Å². The highest BCUT2D eigenvalue weighted by molar-refractivity contribution is 7.83. The molecule has 118 valence electrons. The zero-order valence-corrected chi connectivity index (χ0v) is 16.0. The molecule has 0 saturated heterocycles. The normalized spacial score (nSPS) is 12.5. The molecule has 0 fully saturated rings. The Kier molecular flexibility index (Phi) is 10.8. The Hall–Kier alpha value is -0.420. The molecule has 0 aromatic heterocycles. The van der Waals surface area contributed by atoms with Crippen molar-refractivity contribution in [1.29, 1.82) is 0 Å². The van der Waals surface area contributed by atoms with Crippen LogP contribution in [0.1, 0.15) is 22.3 Å². The minimum Gasteiger partial charge on any atom is -0.152 e. The minimum absolute atomic E-state index is 0.882. The summed E-state index contributed by atoms with van der Waals surface area (Å²) < 4.78 is 0. The van der Waals surface area contributed by atoms with E-state index in [4.69, 9.17) is 0 Å². The molecule has 0 aliphatic heterocycles. The number of hydrogen-bond acceptors (Lipinski definition) is 4. The summed E-state index contributed by atoms with van der Waals surface area (Å²) in [5, 5.41) is 7.19. The van der Waals surface area contributed by atoms with Crippen LogP contribution in [0.15, 0.2) is 58.1 Å². The van der Waals surface area contributed by atoms with Gasteiger partial charge in [-0.05, 0) is 69.6 Å². The minimum atomic E-state index is 0.882. The van der Waals surface area contributed by atoms with Gasteiger partial charge in [0.15, 0.2) is 0 Å². The van der Waals surface area contributed by atoms with E-state index in [1.165, 1.54) is 22.3 Å². The number of allylic oxidation sites excluding steroid dienone is 4. The van der Waals surface area contributed by atoms with Gasteiger partial charge in [-0.15, -0.1) is 0 Å². The average Bonchev–Trinajstić information content (AvgIpc) is 2.55. The van der Waals surface area contributed by atoms with Crippen LogP contribution in [0.4, 0.5) is 0 Å². The second-order valence-corrected chi connectivity index (χ2v) is 5.89. The summed E-state index contributed by atoms with van der Waals surface area (Å²) in [5.74, 6) is 0. The Morgan fingerprint density at radius 1 is 0.545 bits per heavy atom. The molecule has 0 radical (unpaired) electrons. The van der Waals surface area contributed by atoms with E-state index in [-0.39, 0.29) is 0 Å². The van der Waals surface area contributed by atoms with Gasteiger partial charge in [-0.1, -0.05) is 36.4 Å². The Morgan fingerprint density at radius 2 is 0.864 bits per heavy atom. The smallest absolute Gasteiger partial charge is 0.00836 e. The summed E-state index contributed by atoms with van der Waals surface area (Å²) in [6.45, 7) is 0. The van der Waals surface area contributed by atoms with E-state index in [0.717, 1.165) is 25.7 Å². The van der Waals surface area contributed by atoms with Crippen molar-refractivity contribution in [3.63, 3.8) is 0 Å². The van der Waals surface area contributed by atoms with E-state index >= 15 is 0 Å². The molecule has 0 saturated carbocycles. The Balaban J connectivity index is 3.34. The second kappa shape index (κ2) is 12.1. The Bertz CT molecular complexity index is 518. The first kappa shape index (κ1) is 19.6. The molecular formula is C18H22S4. The van der Waals surface area contributed by atoms with E-state index in [2.05, 4.69) is 87.0 Å². The summed E-state index contributed by atoms with van der Waals surface area (Å²) in [7, 11) is 0. The Morgan fingerprint density at radius 3 is 1.18 bits per heavy atom. The van der Waals surface area contributed by atoms with Gasteiger partial charge in [-0.3, -0.25) is 0 Å². The Labute approximate surface area is 156 Å². The maximum Gasteiger partial charge on any atom is -0.00836 e. The van der Waals surface area contributed by atoms with Crippen molar-refractivity contribution < 1.29 is 0 Å². The highest BCUT2D eigenvalue weighted by Gasteiger charge is 2.10. The first-order valence-corrected chi connectivity index (χ1v) is 9.14. The van der Waals surface area contributed by atoms with Gasteiger partial charge >= 0.3 is 0 Å². The van der Waals surface area contributed by atoms with Crippen molar-refractivity contribution in [2.75, 3.05) is 0 Å². The van der Waals surface area contributed by atoms with Crippen molar-refractivity contribution in [3.8, 4) is 0 Å². The molecule has 0 aliphatic rings. The second-order valence-electron chi connectivity index (χ2n) is 4.70. The number of thiol groups is 4. The molecule has 0 heterocycles. The highest BCUT2D eigenvalue weighted by atomic mass is 32.1. The molecule has 0 amide bonds. The highest BCUT2D eigenvalue weighted by Crippen LogP contribution is 2.24. The fourth-order valence-electron chi connectivity index (χ4n) is 2.38. The zero-order chi connectivity index (χ0) is 16.2. The molecule has 0 spiro atoms. The van der Waals surface area contributed by atoms with E-state index in [0.29, 0.717) is 0 Å². The lowest BCUT2D eigenvalue weighted by molar-refractivity contribution is 1.04. The standard InChI is InChI=1S/C18H22S4/c19-11-1-5-15-9-10-16(6-2-12-20)18(8-4-14-22)17(15)7-3-13-21/h1-4,9-14,19-22H,5-8H2. The van der Waals surface area contributed by atoms with Crippen LogP contribution in [0, 0.1) is 0 Å². The summed E-state index contributed by atoms with van der Waals surface area (Å²) in [6, 6.07) is 4.43. The summed E-state index contributed by atoms with van der Waals surface area (Å²) in [5.41, 5.74) is 5.40. The van der Waals surface area contributed by atoms with Gasteiger partial charge in [0.1, 0.15) is 0 Å². The third-order valence-corrected chi connectivity index (χ3v) is 4.21. The molecule has 1 rings (SSSR count). The van der Waals surface area contributed by atoms with E-state index in [1.54, 1.807) is 21.6 Å². The van der Waals surface area contributed by atoms with Gasteiger partial charge < -0.3 is 0 Å². The predicted octanol–water partition coefficient (Wildman–Crippen LogP) is 5.63. The third kappa shape index (κ3) is 6.37. The van der Waals surface area contributed by atoms with Crippen LogP contribution in [-0.4, -0.2) is 0 Å². The van der Waals surface area contributed by atoms with Crippen LogP contribution in [0.25, 0.3) is 0 Å². The fourth-order valence-corrected chi connectivity index (χ4v) is 2.80. The fraction of sp³-hybridized carbons (Fsp3) is 0.222. The van der Waals surface area contributed by atoms with Gasteiger partial charge in [0.2, 0.25) is 0 Å². The van der Waals surface area contributed by atoms with Crippen LogP contribution in [0.5, 0.6) is 0 Å². The summed E-state index contributed by atoms with van der Waals surface area (Å²) in [6.07, 6.45) is 11.8. The predicted molar refractivity (Wildman–Crippen MR) is 114 cm³/mol. The maximum absolute atomic E-state index is 4.19. The van der Waals surface area contributed by atoms with E-state index < -0.39 is 0 Å². The van der Waals surface area contributed by atoms with Gasteiger partial charge in [0, 0.05) is 0 Å². The zero-order valence-electron chi connectivity index (χ0n) is 12.4. The number of rotatable bonds is 8. The van der Waals surface area contributed by atoms with Crippen LogP contribution >= 0.6 is 50.5 Å². The number of hydrogen-bond donors (Lipinski definition) is 4. The average molecular weight is 367 g/mol. The summed E-state index contributed by atoms with van der Waals surface area (Å²) in [4.78, 5) is 0. The number of benzene rings is 1. The van der Waals surface area contributed by atoms with Crippen LogP contribution in [0.2, 0.25) is 0 Å². The molecule has 1 aromatic rings. The van der Waals surface area contributed by atoms with Crippen LogP contribution in [0.3, 0.4) is 0 Å². The van der Waals surface area contributed by atoms with Crippen molar-refractivity contribution in [2.45, 2.75) is 25.7 Å². The van der Waals surface area contributed by atoms with Crippen LogP contribution in [-0.2, 0) is 25.7 Å². The lowest BCUT2D eigenvalue weighted by atomic mass is 9.89. The largest absolute Gasteiger partial charge is 0.152 e. The van der Waals surface area contributed by atoms with E-state index in [9.17, 15) is 0 Å². The van der Waals surface area contributed by atoms with Gasteiger partial charge in [-0.2, -0.15) is 50.5 Å². The van der Waals surface area contributed by atoms with E-state index in [1.807, 2.05) is 0 Å². The van der Waals surface area contributed by atoms with Crippen molar-refractivity contribution in [3.05, 3.63) is 80.3 Å². The quantitative estimate of drug-likeness (QED) is 0.421. The monoisotopic (exact) mass is 366 g/mol. The SMILES string of the molecule is SC=CCc1ccc(CC=CS)c(CC=CS)c1CC=CS. The molecule has 0 nitrogen and oxygen atoms in total. The van der Waals surface area contributed by atoms with Gasteiger partial charge in [0.25, 0.3) is 0 Å². The van der Waals surface area contributed by atoms with Crippen molar-refractivity contribution >= 4 is 50.5 Å². The summed E-state index contributed by atoms with van der Waals surface area (Å²) >= 11 is 16.7. The lowest BCUT2D eigenvalue weighted by Crippen LogP contribution is -2.03. The van der Waals surface area contributed by atoms with Crippen LogP contribution < -0.4 is 0 Å². The van der Waals surface area contributed by atoms with Crippen molar-refractivity contribution in [1.82, 2.24) is 0 Å². The first-order valence-electron chi connectivity index (χ1n) is 7.07. The molecule has 0 N–H and O–H groups in total. The molecule has 0 atom stereocenters. The van der Waals surface area contributed by atoms with Gasteiger partial charge in [-0.25, -0.2) is 0 Å². The molecule has 0 unspecified atom stereocenters. The molecule has 22 heavy (non-hydrogen) atoms. The maximum atomic E-state index is 4.19. The molecule has 4 heteroatoms. The molecule has 0 aliphatic carbocycles. The molecular weight excluding hydrogens is 344 g/mol. The third-order valence-electron chi connectivity index (χ3n) is 3.37. The van der Waals surface area contributed by atoms with Crippen molar-refractivity contribution in [2.24, 2.45) is 0 Å². The molecule has 0 bridgehead atoms.